The number of nitrogens with zero attached hydrogens (tertiary/aromatic N) is 2. The monoisotopic (exact) mass is 205 g/mol. The lowest BCUT2D eigenvalue weighted by Gasteiger charge is -2.30. The van der Waals surface area contributed by atoms with Crippen LogP contribution in [0, 0.1) is 5.41 Å². The predicted octanol–water partition coefficient (Wildman–Crippen LogP) is 1.46. The fourth-order valence-corrected chi connectivity index (χ4v) is 3.03. The molecule has 0 aromatic rings. The van der Waals surface area contributed by atoms with E-state index in [0.29, 0.717) is 18.0 Å². The van der Waals surface area contributed by atoms with Gasteiger partial charge in [0, 0.05) is 14.1 Å². The second-order valence-corrected chi connectivity index (χ2v) is 5.43. The van der Waals surface area contributed by atoms with Crippen LogP contribution in [0.5, 0.6) is 0 Å². The first kappa shape index (κ1) is 10.8. The molecule has 2 radical (unpaired) electrons. The summed E-state index contributed by atoms with van der Waals surface area (Å²) in [5.74, 6) is 0.641. The number of rotatable bonds is 0. The van der Waals surface area contributed by atoms with E-state index in [-0.39, 0.29) is 5.31 Å². The van der Waals surface area contributed by atoms with Crippen LogP contribution in [-0.4, -0.2) is 49.8 Å². The third-order valence-electron chi connectivity index (χ3n) is 4.03. The van der Waals surface area contributed by atoms with Crippen molar-refractivity contribution in [2.75, 3.05) is 14.1 Å². The van der Waals surface area contributed by atoms with Gasteiger partial charge in [0.2, 0.25) is 0 Å². The Labute approximate surface area is 93.7 Å². The van der Waals surface area contributed by atoms with Crippen molar-refractivity contribution < 1.29 is 0 Å². The van der Waals surface area contributed by atoms with Crippen LogP contribution >= 0.6 is 0 Å². The van der Waals surface area contributed by atoms with Gasteiger partial charge in [-0.3, -0.25) is 5.41 Å². The van der Waals surface area contributed by atoms with Crippen molar-refractivity contribution in [1.29, 1.82) is 5.41 Å². The molecule has 2 fully saturated rings. The zero-order chi connectivity index (χ0) is 11.2. The van der Waals surface area contributed by atoms with Gasteiger partial charge in [-0.05, 0) is 12.8 Å². The molecular weight excluding hydrogens is 185 g/mol. The molecule has 1 saturated heterocycles. The Morgan fingerprint density at radius 3 is 2.60 bits per heavy atom. The Balaban J connectivity index is 2.23. The average molecular weight is 205 g/mol. The number of guanidine groups is 1. The first-order valence-corrected chi connectivity index (χ1v) is 5.75. The average Bonchev–Trinajstić information content (AvgIpc) is 2.35. The minimum absolute atomic E-state index is 0.0564. The molecule has 1 aliphatic carbocycles. The Hall–Kier alpha value is -0.665. The first-order chi connectivity index (χ1) is 6.92. The molecule has 1 saturated carbocycles. The molecule has 82 valence electrons. The van der Waals surface area contributed by atoms with Gasteiger partial charge in [-0.25, -0.2) is 0 Å². The van der Waals surface area contributed by atoms with E-state index in [2.05, 4.69) is 16.7 Å². The summed E-state index contributed by atoms with van der Waals surface area (Å²) in [5.41, 5.74) is 0. The molecule has 3 unspecified atom stereocenters. The van der Waals surface area contributed by atoms with E-state index < -0.39 is 0 Å². The van der Waals surface area contributed by atoms with Crippen molar-refractivity contribution >= 4 is 13.8 Å². The van der Waals surface area contributed by atoms with Crippen LogP contribution in [0.4, 0.5) is 0 Å². The molecular formula is C11H20BN3. The maximum Gasteiger partial charge on any atom is 0.193 e. The Morgan fingerprint density at radius 2 is 1.93 bits per heavy atom. The summed E-state index contributed by atoms with van der Waals surface area (Å²) in [6.07, 6.45) is 4.45. The van der Waals surface area contributed by atoms with Crippen LogP contribution in [0.15, 0.2) is 0 Å². The van der Waals surface area contributed by atoms with Crippen molar-refractivity contribution in [3.8, 4) is 0 Å². The van der Waals surface area contributed by atoms with Crippen molar-refractivity contribution in [3.63, 3.8) is 0 Å². The molecule has 2 aliphatic rings. The highest BCUT2D eigenvalue weighted by molar-refractivity contribution is 6.14. The summed E-state index contributed by atoms with van der Waals surface area (Å²) in [6, 6.07) is 0.924. The van der Waals surface area contributed by atoms with Crippen molar-refractivity contribution in [1.82, 2.24) is 9.80 Å². The maximum absolute atomic E-state index is 7.97. The summed E-state index contributed by atoms with van der Waals surface area (Å²) in [6.45, 7) is 2.14. The van der Waals surface area contributed by atoms with E-state index in [1.165, 1.54) is 12.8 Å². The Bertz CT molecular complexity index is 277. The Morgan fingerprint density at radius 1 is 1.33 bits per heavy atom. The molecule has 1 aliphatic heterocycles. The molecule has 0 aromatic heterocycles. The van der Waals surface area contributed by atoms with Gasteiger partial charge in [-0.15, -0.1) is 0 Å². The highest BCUT2D eigenvalue weighted by atomic mass is 15.4. The topological polar surface area (TPSA) is 30.3 Å². The molecule has 0 aromatic carbocycles. The van der Waals surface area contributed by atoms with Crippen molar-refractivity contribution in [2.45, 2.75) is 50.0 Å². The van der Waals surface area contributed by atoms with Crippen LogP contribution in [-0.2, 0) is 0 Å². The molecule has 0 amide bonds. The van der Waals surface area contributed by atoms with E-state index in [0.717, 1.165) is 12.8 Å². The van der Waals surface area contributed by atoms with E-state index in [1.807, 2.05) is 14.1 Å². The van der Waals surface area contributed by atoms with Gasteiger partial charge < -0.3 is 9.80 Å². The number of fused-ring (bicyclic) bond motifs is 1. The van der Waals surface area contributed by atoms with Gasteiger partial charge >= 0.3 is 0 Å². The highest BCUT2D eigenvalue weighted by Crippen LogP contribution is 2.42. The molecule has 15 heavy (non-hydrogen) atoms. The second kappa shape index (κ2) is 3.43. The zero-order valence-electron chi connectivity index (χ0n) is 9.95. The minimum Gasteiger partial charge on any atom is -0.341 e. The van der Waals surface area contributed by atoms with Crippen LogP contribution in [0.2, 0.25) is 5.31 Å². The van der Waals surface area contributed by atoms with Gasteiger partial charge in [0.15, 0.2) is 5.96 Å². The molecule has 0 spiro atoms. The summed E-state index contributed by atoms with van der Waals surface area (Å²) in [5, 5.41) is 7.91. The van der Waals surface area contributed by atoms with Gasteiger partial charge in [0.05, 0.1) is 19.9 Å². The largest absolute Gasteiger partial charge is 0.341 e. The minimum atomic E-state index is -0.0564. The van der Waals surface area contributed by atoms with Crippen LogP contribution < -0.4 is 0 Å². The third-order valence-corrected chi connectivity index (χ3v) is 4.03. The standard InChI is InChI=1S/C11H20BN3/c1-11(12)6-4-5-8-9(7-11)15(3)10(13)14(8)2/h8-9,13H,4-7H2,1-3H3. The van der Waals surface area contributed by atoms with Gasteiger partial charge in [-0.1, -0.05) is 25.1 Å². The molecule has 0 bridgehead atoms. The number of hydrogen-bond donors (Lipinski definition) is 1. The summed E-state index contributed by atoms with van der Waals surface area (Å²) in [4.78, 5) is 4.19. The smallest absolute Gasteiger partial charge is 0.193 e. The molecule has 3 atom stereocenters. The van der Waals surface area contributed by atoms with Crippen molar-refractivity contribution in [2.24, 2.45) is 0 Å². The third kappa shape index (κ3) is 1.74. The normalized spacial score (nSPS) is 41.7. The van der Waals surface area contributed by atoms with Gasteiger partial charge in [-0.2, -0.15) is 0 Å². The lowest BCUT2D eigenvalue weighted by Crippen LogP contribution is -2.35. The summed E-state index contributed by atoms with van der Waals surface area (Å²) in [7, 11) is 10.3. The van der Waals surface area contributed by atoms with E-state index in [9.17, 15) is 0 Å². The molecule has 2 rings (SSSR count). The Kier molecular flexibility index (Phi) is 2.48. The molecule has 1 heterocycles. The van der Waals surface area contributed by atoms with Gasteiger partial charge in [0.25, 0.3) is 0 Å². The lowest BCUT2D eigenvalue weighted by atomic mass is 9.65. The van der Waals surface area contributed by atoms with Crippen molar-refractivity contribution in [3.05, 3.63) is 0 Å². The quantitative estimate of drug-likeness (QED) is 0.607. The van der Waals surface area contributed by atoms with E-state index in [1.54, 1.807) is 0 Å². The fourth-order valence-electron chi connectivity index (χ4n) is 3.03. The molecule has 4 heteroatoms. The zero-order valence-corrected chi connectivity index (χ0v) is 9.95. The number of likely N-dealkylation sites (N-methyl/N-ethyl adjacent to an activating group) is 2. The fraction of sp³-hybridized carbons (Fsp3) is 0.909. The van der Waals surface area contributed by atoms with E-state index in [4.69, 9.17) is 13.3 Å². The van der Waals surface area contributed by atoms with Crippen LogP contribution in [0.1, 0.15) is 32.6 Å². The van der Waals surface area contributed by atoms with Crippen LogP contribution in [0.3, 0.4) is 0 Å². The first-order valence-electron chi connectivity index (χ1n) is 5.75. The van der Waals surface area contributed by atoms with Crippen LogP contribution in [0.25, 0.3) is 0 Å². The summed E-state index contributed by atoms with van der Waals surface area (Å²) < 4.78 is 0. The molecule has 1 N–H and O–H groups in total. The van der Waals surface area contributed by atoms with E-state index >= 15 is 0 Å². The SMILES string of the molecule is [B]C1(C)CCCC2C(C1)N(C)C(=N)N2C. The summed E-state index contributed by atoms with van der Waals surface area (Å²) >= 11 is 0. The predicted molar refractivity (Wildman–Crippen MR) is 63.4 cm³/mol. The highest BCUT2D eigenvalue weighted by Gasteiger charge is 2.43. The second-order valence-electron chi connectivity index (χ2n) is 5.43. The maximum atomic E-state index is 7.97. The number of hydrogen-bond acceptors (Lipinski definition) is 1. The lowest BCUT2D eigenvalue weighted by molar-refractivity contribution is 0.280. The molecule has 3 nitrogen and oxygen atoms in total. The van der Waals surface area contributed by atoms with Gasteiger partial charge in [0.1, 0.15) is 0 Å². The number of nitrogens with one attached hydrogen (secondary N) is 1.